The third kappa shape index (κ3) is 2.61. The fourth-order valence-corrected chi connectivity index (χ4v) is 2.37. The summed E-state index contributed by atoms with van der Waals surface area (Å²) in [5.41, 5.74) is 1.99. The van der Waals surface area contributed by atoms with Gasteiger partial charge in [-0.05, 0) is 18.4 Å². The van der Waals surface area contributed by atoms with E-state index in [1.807, 2.05) is 31.2 Å². The van der Waals surface area contributed by atoms with E-state index in [2.05, 4.69) is 18.8 Å². The van der Waals surface area contributed by atoms with Gasteiger partial charge in [-0.3, -0.25) is 4.79 Å². The van der Waals surface area contributed by atoms with Gasteiger partial charge in [-0.1, -0.05) is 38.1 Å². The van der Waals surface area contributed by atoms with Crippen LogP contribution in [0.4, 0.5) is 0 Å². The number of aromatic nitrogens is 1. The Balaban J connectivity index is 2.26. The molecule has 0 aliphatic rings. The first kappa shape index (κ1) is 12.0. The minimum Gasteiger partial charge on any atom is -0.288 e. The summed E-state index contributed by atoms with van der Waals surface area (Å²) in [6, 6.07) is 7.83. The van der Waals surface area contributed by atoms with Crippen LogP contribution in [0.1, 0.15) is 45.6 Å². The van der Waals surface area contributed by atoms with Gasteiger partial charge in [0.15, 0.2) is 0 Å². The summed E-state index contributed by atoms with van der Waals surface area (Å²) < 4.78 is 0. The molecule has 0 saturated heterocycles. The molecule has 0 bridgehead atoms. The van der Waals surface area contributed by atoms with Crippen LogP contribution in [0.15, 0.2) is 30.5 Å². The van der Waals surface area contributed by atoms with Crippen LogP contribution in [-0.2, 0) is 0 Å². The standard InChI is InChI=1S/C14H15NOS/c1-9(2)11-4-6-12(7-5-11)14(16)13-8-15-10(3)17-13/h4-9H,1-3H3. The predicted molar refractivity (Wildman–Crippen MR) is 70.8 cm³/mol. The first-order valence-corrected chi connectivity index (χ1v) is 6.46. The van der Waals surface area contributed by atoms with Gasteiger partial charge < -0.3 is 0 Å². The molecule has 0 radical (unpaired) electrons. The number of ketones is 1. The Kier molecular flexibility index (Phi) is 3.38. The van der Waals surface area contributed by atoms with Crippen LogP contribution in [0.5, 0.6) is 0 Å². The molecule has 2 rings (SSSR count). The third-order valence-electron chi connectivity index (χ3n) is 2.68. The molecule has 2 nitrogen and oxygen atoms in total. The zero-order chi connectivity index (χ0) is 12.4. The predicted octanol–water partition coefficient (Wildman–Crippen LogP) is 3.81. The summed E-state index contributed by atoms with van der Waals surface area (Å²) >= 11 is 1.44. The second kappa shape index (κ2) is 4.80. The van der Waals surface area contributed by atoms with Gasteiger partial charge in [-0.15, -0.1) is 11.3 Å². The summed E-state index contributed by atoms with van der Waals surface area (Å²) in [5, 5.41) is 0.923. The minimum absolute atomic E-state index is 0.0610. The summed E-state index contributed by atoms with van der Waals surface area (Å²) in [5.74, 6) is 0.552. The van der Waals surface area contributed by atoms with E-state index in [1.54, 1.807) is 6.20 Å². The van der Waals surface area contributed by atoms with E-state index >= 15 is 0 Å². The monoisotopic (exact) mass is 245 g/mol. The van der Waals surface area contributed by atoms with Gasteiger partial charge in [0.2, 0.25) is 5.78 Å². The molecule has 0 aliphatic heterocycles. The third-order valence-corrected chi connectivity index (χ3v) is 3.60. The summed E-state index contributed by atoms with van der Waals surface area (Å²) in [4.78, 5) is 16.9. The molecule has 17 heavy (non-hydrogen) atoms. The average Bonchev–Trinajstić information content (AvgIpc) is 2.75. The molecule has 0 fully saturated rings. The highest BCUT2D eigenvalue weighted by atomic mass is 32.1. The largest absolute Gasteiger partial charge is 0.288 e. The number of nitrogens with zero attached hydrogens (tertiary/aromatic N) is 1. The molecular weight excluding hydrogens is 230 g/mol. The van der Waals surface area contributed by atoms with Crippen molar-refractivity contribution in [1.82, 2.24) is 4.98 Å². The Labute approximate surface area is 105 Å². The van der Waals surface area contributed by atoms with Crippen molar-refractivity contribution in [3.8, 4) is 0 Å². The van der Waals surface area contributed by atoms with Crippen LogP contribution in [0, 0.1) is 6.92 Å². The van der Waals surface area contributed by atoms with E-state index in [-0.39, 0.29) is 5.78 Å². The van der Waals surface area contributed by atoms with Gasteiger partial charge in [0.25, 0.3) is 0 Å². The fraction of sp³-hybridized carbons (Fsp3) is 0.286. The molecule has 0 N–H and O–H groups in total. The molecule has 0 saturated carbocycles. The molecular formula is C14H15NOS. The smallest absolute Gasteiger partial charge is 0.204 e. The van der Waals surface area contributed by atoms with Crippen molar-refractivity contribution in [2.75, 3.05) is 0 Å². The van der Waals surface area contributed by atoms with E-state index in [0.29, 0.717) is 10.8 Å². The topological polar surface area (TPSA) is 30.0 Å². The Morgan fingerprint density at radius 3 is 2.35 bits per heavy atom. The van der Waals surface area contributed by atoms with Gasteiger partial charge in [0.05, 0.1) is 9.88 Å². The second-order valence-electron chi connectivity index (χ2n) is 4.35. The Bertz CT molecular complexity index is 525. The van der Waals surface area contributed by atoms with Crippen molar-refractivity contribution in [1.29, 1.82) is 0 Å². The zero-order valence-electron chi connectivity index (χ0n) is 10.2. The maximum Gasteiger partial charge on any atom is 0.204 e. The first-order chi connectivity index (χ1) is 8.08. The van der Waals surface area contributed by atoms with E-state index in [0.717, 1.165) is 10.6 Å². The zero-order valence-corrected chi connectivity index (χ0v) is 11.0. The van der Waals surface area contributed by atoms with Crippen LogP contribution in [0.2, 0.25) is 0 Å². The van der Waals surface area contributed by atoms with E-state index in [1.165, 1.54) is 16.9 Å². The Hall–Kier alpha value is -1.48. The molecule has 0 unspecified atom stereocenters. The van der Waals surface area contributed by atoms with Crippen LogP contribution < -0.4 is 0 Å². The minimum atomic E-state index is 0.0610. The maximum atomic E-state index is 12.1. The van der Waals surface area contributed by atoms with Crippen LogP contribution in [0.3, 0.4) is 0 Å². The molecule has 1 aromatic carbocycles. The summed E-state index contributed by atoms with van der Waals surface area (Å²) in [6.07, 6.45) is 1.65. The lowest BCUT2D eigenvalue weighted by atomic mass is 10.0. The van der Waals surface area contributed by atoms with Gasteiger partial charge in [-0.2, -0.15) is 0 Å². The van der Waals surface area contributed by atoms with Crippen LogP contribution in [-0.4, -0.2) is 10.8 Å². The lowest BCUT2D eigenvalue weighted by Gasteiger charge is -2.05. The molecule has 0 atom stereocenters. The second-order valence-corrected chi connectivity index (χ2v) is 5.58. The Morgan fingerprint density at radius 1 is 1.24 bits per heavy atom. The molecule has 2 aromatic rings. The SMILES string of the molecule is Cc1ncc(C(=O)c2ccc(C(C)C)cc2)s1. The molecule has 1 aromatic heterocycles. The van der Waals surface area contributed by atoms with E-state index < -0.39 is 0 Å². The summed E-state index contributed by atoms with van der Waals surface area (Å²) in [6.45, 7) is 6.19. The Morgan fingerprint density at radius 2 is 1.88 bits per heavy atom. The van der Waals surface area contributed by atoms with E-state index in [4.69, 9.17) is 0 Å². The average molecular weight is 245 g/mol. The molecule has 0 amide bonds. The van der Waals surface area contributed by atoms with Crippen molar-refractivity contribution in [3.05, 3.63) is 51.5 Å². The van der Waals surface area contributed by atoms with Crippen molar-refractivity contribution in [2.45, 2.75) is 26.7 Å². The number of aryl methyl sites for hydroxylation is 1. The van der Waals surface area contributed by atoms with Gasteiger partial charge >= 0.3 is 0 Å². The summed E-state index contributed by atoms with van der Waals surface area (Å²) in [7, 11) is 0. The number of carbonyl (C=O) groups is 1. The number of thiazole rings is 1. The lowest BCUT2D eigenvalue weighted by molar-refractivity contribution is 0.104. The number of hydrogen-bond donors (Lipinski definition) is 0. The highest BCUT2D eigenvalue weighted by Crippen LogP contribution is 2.19. The molecule has 1 heterocycles. The number of rotatable bonds is 3. The normalized spacial score (nSPS) is 10.8. The molecule has 0 spiro atoms. The molecule has 3 heteroatoms. The van der Waals surface area contributed by atoms with Crippen LogP contribution >= 0.6 is 11.3 Å². The van der Waals surface area contributed by atoms with Crippen molar-refractivity contribution in [3.63, 3.8) is 0 Å². The van der Waals surface area contributed by atoms with E-state index in [9.17, 15) is 4.79 Å². The quantitative estimate of drug-likeness (QED) is 0.770. The maximum absolute atomic E-state index is 12.1. The number of carbonyl (C=O) groups excluding carboxylic acids is 1. The highest BCUT2D eigenvalue weighted by molar-refractivity contribution is 7.13. The first-order valence-electron chi connectivity index (χ1n) is 5.65. The van der Waals surface area contributed by atoms with Gasteiger partial charge in [-0.25, -0.2) is 4.98 Å². The van der Waals surface area contributed by atoms with Crippen molar-refractivity contribution < 1.29 is 4.79 Å². The van der Waals surface area contributed by atoms with Gasteiger partial charge in [0.1, 0.15) is 0 Å². The number of benzene rings is 1. The fourth-order valence-electron chi connectivity index (χ4n) is 1.63. The van der Waals surface area contributed by atoms with Crippen LogP contribution in [0.25, 0.3) is 0 Å². The van der Waals surface area contributed by atoms with Crippen molar-refractivity contribution in [2.24, 2.45) is 0 Å². The number of hydrogen-bond acceptors (Lipinski definition) is 3. The molecule has 88 valence electrons. The van der Waals surface area contributed by atoms with Crippen molar-refractivity contribution >= 4 is 17.1 Å². The highest BCUT2D eigenvalue weighted by Gasteiger charge is 2.12. The van der Waals surface area contributed by atoms with Gasteiger partial charge in [0, 0.05) is 11.8 Å². The molecule has 0 aliphatic carbocycles. The lowest BCUT2D eigenvalue weighted by Crippen LogP contribution is -1.99.